The molecule has 0 spiro atoms. The van der Waals surface area contributed by atoms with Crippen LogP contribution in [0.15, 0.2) is 60.7 Å². The average molecular weight is 374 g/mol. The molecule has 0 aromatic heterocycles. The fourth-order valence-corrected chi connectivity index (χ4v) is 3.36. The summed E-state index contributed by atoms with van der Waals surface area (Å²) in [5, 5.41) is 9.54. The number of aliphatic hydroxyl groups is 1. The van der Waals surface area contributed by atoms with Crippen LogP contribution in [0, 0.1) is 27.7 Å². The number of benzene rings is 3. The van der Waals surface area contributed by atoms with Gasteiger partial charge in [0.25, 0.3) is 0 Å². The summed E-state index contributed by atoms with van der Waals surface area (Å²) in [4.78, 5) is 2.32. The van der Waals surface area contributed by atoms with Crippen LogP contribution in [0.1, 0.15) is 41.2 Å². The van der Waals surface area contributed by atoms with Crippen molar-refractivity contribution in [1.29, 1.82) is 0 Å². The molecule has 1 unspecified atom stereocenters. The van der Waals surface area contributed by atoms with E-state index in [9.17, 15) is 5.11 Å². The Morgan fingerprint density at radius 1 is 0.679 bits per heavy atom. The van der Waals surface area contributed by atoms with Gasteiger partial charge in [-0.15, -0.1) is 0 Å². The Balaban J connectivity index is 2.02. The molecule has 3 aromatic rings. The lowest BCUT2D eigenvalue weighted by atomic mass is 10.0. The molecule has 2 nitrogen and oxygen atoms in total. The molecule has 0 fully saturated rings. The zero-order valence-corrected chi connectivity index (χ0v) is 17.7. The van der Waals surface area contributed by atoms with E-state index >= 15 is 0 Å². The van der Waals surface area contributed by atoms with Gasteiger partial charge in [0.15, 0.2) is 0 Å². The van der Waals surface area contributed by atoms with Gasteiger partial charge >= 0.3 is 0 Å². The first kappa shape index (κ1) is 20.2. The second-order valence-electron chi connectivity index (χ2n) is 7.93. The van der Waals surface area contributed by atoms with Crippen LogP contribution < -0.4 is 4.90 Å². The largest absolute Gasteiger partial charge is 0.393 e. The van der Waals surface area contributed by atoms with E-state index in [1.807, 2.05) is 6.92 Å². The van der Waals surface area contributed by atoms with E-state index in [1.165, 1.54) is 39.2 Å². The van der Waals surface area contributed by atoms with Crippen LogP contribution in [0.4, 0.5) is 17.1 Å². The molecule has 28 heavy (non-hydrogen) atoms. The van der Waals surface area contributed by atoms with Gasteiger partial charge in [0.2, 0.25) is 0 Å². The SMILES string of the molecule is Cc1ccc(N(c2ccc(CCC(C)O)cc2)c2ccc(C)c(C)c2)cc1C. The van der Waals surface area contributed by atoms with E-state index in [0.717, 1.165) is 18.5 Å². The van der Waals surface area contributed by atoms with E-state index in [2.05, 4.69) is 93.3 Å². The Kier molecular flexibility index (Phi) is 6.21. The highest BCUT2D eigenvalue weighted by Gasteiger charge is 2.14. The van der Waals surface area contributed by atoms with Gasteiger partial charge in [0.05, 0.1) is 6.10 Å². The molecule has 0 aliphatic carbocycles. The second-order valence-corrected chi connectivity index (χ2v) is 7.93. The summed E-state index contributed by atoms with van der Waals surface area (Å²) < 4.78 is 0. The van der Waals surface area contributed by atoms with E-state index < -0.39 is 0 Å². The number of aryl methyl sites for hydroxylation is 5. The Bertz CT molecular complexity index is 890. The smallest absolute Gasteiger partial charge is 0.0515 e. The summed E-state index contributed by atoms with van der Waals surface area (Å²) in [5.74, 6) is 0. The molecule has 2 heteroatoms. The first-order valence-electron chi connectivity index (χ1n) is 10.1. The van der Waals surface area contributed by atoms with Gasteiger partial charge in [-0.2, -0.15) is 0 Å². The molecule has 1 atom stereocenters. The standard InChI is InChI=1S/C26H31NO/c1-18-6-12-25(16-20(18)3)27(26-13-7-19(2)21(4)17-26)24-14-10-23(11-15-24)9-8-22(5)28/h6-7,10-17,22,28H,8-9H2,1-5H3. The van der Waals surface area contributed by atoms with Crippen LogP contribution in [0.5, 0.6) is 0 Å². The molecular weight excluding hydrogens is 342 g/mol. The lowest BCUT2D eigenvalue weighted by molar-refractivity contribution is 0.185. The fourth-order valence-electron chi connectivity index (χ4n) is 3.36. The van der Waals surface area contributed by atoms with Crippen LogP contribution in [0.25, 0.3) is 0 Å². The maximum atomic E-state index is 9.54. The van der Waals surface area contributed by atoms with Gasteiger partial charge in [0.1, 0.15) is 0 Å². The van der Waals surface area contributed by atoms with Gasteiger partial charge < -0.3 is 10.0 Å². The highest BCUT2D eigenvalue weighted by molar-refractivity contribution is 5.77. The van der Waals surface area contributed by atoms with Crippen molar-refractivity contribution in [1.82, 2.24) is 0 Å². The monoisotopic (exact) mass is 373 g/mol. The van der Waals surface area contributed by atoms with Crippen molar-refractivity contribution in [2.45, 2.75) is 53.6 Å². The van der Waals surface area contributed by atoms with E-state index in [1.54, 1.807) is 0 Å². The van der Waals surface area contributed by atoms with Gasteiger partial charge in [0, 0.05) is 17.1 Å². The van der Waals surface area contributed by atoms with Crippen LogP contribution in [0.2, 0.25) is 0 Å². The van der Waals surface area contributed by atoms with Gasteiger partial charge in [-0.3, -0.25) is 0 Å². The van der Waals surface area contributed by atoms with Gasteiger partial charge in [-0.1, -0.05) is 24.3 Å². The second kappa shape index (κ2) is 8.62. The minimum atomic E-state index is -0.262. The zero-order chi connectivity index (χ0) is 20.3. The third-order valence-corrected chi connectivity index (χ3v) is 5.54. The number of rotatable bonds is 6. The predicted molar refractivity (Wildman–Crippen MR) is 120 cm³/mol. The van der Waals surface area contributed by atoms with Crippen molar-refractivity contribution in [2.75, 3.05) is 4.90 Å². The quantitative estimate of drug-likeness (QED) is 0.519. The Morgan fingerprint density at radius 2 is 1.14 bits per heavy atom. The Hall–Kier alpha value is -2.58. The molecular formula is C26H31NO. The average Bonchev–Trinajstić information content (AvgIpc) is 2.67. The molecule has 0 bridgehead atoms. The first-order valence-corrected chi connectivity index (χ1v) is 10.1. The molecule has 3 aromatic carbocycles. The van der Waals surface area contributed by atoms with Crippen molar-refractivity contribution >= 4 is 17.1 Å². The van der Waals surface area contributed by atoms with Crippen molar-refractivity contribution in [3.05, 3.63) is 88.5 Å². The molecule has 0 amide bonds. The molecule has 0 aliphatic rings. The third-order valence-electron chi connectivity index (χ3n) is 5.54. The van der Waals surface area contributed by atoms with Crippen molar-refractivity contribution in [3.8, 4) is 0 Å². The molecule has 146 valence electrons. The molecule has 0 saturated heterocycles. The highest BCUT2D eigenvalue weighted by atomic mass is 16.3. The normalized spacial score (nSPS) is 12.1. The van der Waals surface area contributed by atoms with E-state index in [-0.39, 0.29) is 6.10 Å². The molecule has 0 heterocycles. The van der Waals surface area contributed by atoms with Crippen molar-refractivity contribution in [3.63, 3.8) is 0 Å². The fraction of sp³-hybridized carbons (Fsp3) is 0.308. The predicted octanol–water partition coefficient (Wildman–Crippen LogP) is 6.70. The maximum Gasteiger partial charge on any atom is 0.0515 e. The zero-order valence-electron chi connectivity index (χ0n) is 17.7. The Morgan fingerprint density at radius 3 is 1.57 bits per heavy atom. The highest BCUT2D eigenvalue weighted by Crippen LogP contribution is 2.36. The number of anilines is 3. The lowest BCUT2D eigenvalue weighted by Gasteiger charge is -2.27. The molecule has 1 N–H and O–H groups in total. The van der Waals surface area contributed by atoms with E-state index in [0.29, 0.717) is 0 Å². The summed E-state index contributed by atoms with van der Waals surface area (Å²) in [6.07, 6.45) is 1.42. The number of hydrogen-bond donors (Lipinski definition) is 1. The van der Waals surface area contributed by atoms with Crippen molar-refractivity contribution in [2.24, 2.45) is 0 Å². The van der Waals surface area contributed by atoms with E-state index in [4.69, 9.17) is 0 Å². The lowest BCUT2D eigenvalue weighted by Crippen LogP contribution is -2.11. The minimum absolute atomic E-state index is 0.262. The van der Waals surface area contributed by atoms with Crippen molar-refractivity contribution < 1.29 is 5.11 Å². The summed E-state index contributed by atoms with van der Waals surface area (Å²) in [7, 11) is 0. The van der Waals surface area contributed by atoms with Gasteiger partial charge in [-0.25, -0.2) is 0 Å². The van der Waals surface area contributed by atoms with Crippen LogP contribution in [-0.2, 0) is 6.42 Å². The van der Waals surface area contributed by atoms with Crippen LogP contribution >= 0.6 is 0 Å². The van der Waals surface area contributed by atoms with Crippen LogP contribution in [-0.4, -0.2) is 11.2 Å². The number of aliphatic hydroxyl groups excluding tert-OH is 1. The maximum absolute atomic E-state index is 9.54. The number of nitrogens with zero attached hydrogens (tertiary/aromatic N) is 1. The molecule has 0 radical (unpaired) electrons. The molecule has 3 rings (SSSR count). The first-order chi connectivity index (χ1) is 13.3. The topological polar surface area (TPSA) is 23.5 Å². The molecule has 0 saturated carbocycles. The number of hydrogen-bond acceptors (Lipinski definition) is 2. The van der Waals surface area contributed by atoms with Gasteiger partial charge in [-0.05, 0) is 112 Å². The molecule has 0 aliphatic heterocycles. The van der Waals surface area contributed by atoms with Crippen LogP contribution in [0.3, 0.4) is 0 Å². The summed E-state index contributed by atoms with van der Waals surface area (Å²) in [6, 6.07) is 22.0. The third kappa shape index (κ3) is 4.63. The summed E-state index contributed by atoms with van der Waals surface area (Å²) >= 11 is 0. The summed E-state index contributed by atoms with van der Waals surface area (Å²) in [5.41, 5.74) is 9.93. The Labute approximate surface area is 169 Å². The minimum Gasteiger partial charge on any atom is -0.393 e. The summed E-state index contributed by atoms with van der Waals surface area (Å²) in [6.45, 7) is 10.5.